The minimum Gasteiger partial charge on any atom is -0.450 e. The van der Waals surface area contributed by atoms with Crippen LogP contribution in [0.2, 0.25) is 0 Å². The molecule has 2 nitrogen and oxygen atoms in total. The van der Waals surface area contributed by atoms with E-state index in [0.29, 0.717) is 5.56 Å². The second-order valence-corrected chi connectivity index (χ2v) is 6.87. The third kappa shape index (κ3) is 5.06. The van der Waals surface area contributed by atoms with Crippen LogP contribution in [0.4, 0.5) is 0 Å². The van der Waals surface area contributed by atoms with Crippen LogP contribution in [0.1, 0.15) is 15.9 Å². The van der Waals surface area contributed by atoms with E-state index in [4.69, 9.17) is 39.5 Å². The molecule has 2 aromatic rings. The van der Waals surface area contributed by atoms with E-state index in [0.717, 1.165) is 5.56 Å². The standard InChI is InChI=1S/C17H13Cl3O2/c18-17(19,20)15(12-11-13-7-3-1-4-8-13)22-16(21)14-9-5-2-6-10-14/h1-12,15H/b12-11+. The summed E-state index contributed by atoms with van der Waals surface area (Å²) in [5.41, 5.74) is 1.31. The Balaban J connectivity index is 2.14. The number of hydrogen-bond donors (Lipinski definition) is 0. The van der Waals surface area contributed by atoms with Gasteiger partial charge in [0.15, 0.2) is 6.10 Å². The van der Waals surface area contributed by atoms with Gasteiger partial charge in [0.05, 0.1) is 5.56 Å². The number of ether oxygens (including phenoxy) is 1. The largest absolute Gasteiger partial charge is 0.450 e. The minimum absolute atomic E-state index is 0.398. The molecule has 0 aromatic heterocycles. The summed E-state index contributed by atoms with van der Waals surface area (Å²) in [6.07, 6.45) is 2.30. The lowest BCUT2D eigenvalue weighted by molar-refractivity contribution is 0.0402. The van der Waals surface area contributed by atoms with Crippen molar-refractivity contribution in [1.82, 2.24) is 0 Å². The van der Waals surface area contributed by atoms with E-state index in [1.54, 1.807) is 42.5 Å². The Bertz CT molecular complexity index is 634. The van der Waals surface area contributed by atoms with Crippen LogP contribution < -0.4 is 0 Å². The molecule has 22 heavy (non-hydrogen) atoms. The molecule has 0 radical (unpaired) electrons. The van der Waals surface area contributed by atoms with Crippen LogP contribution in [0, 0.1) is 0 Å². The van der Waals surface area contributed by atoms with E-state index in [1.165, 1.54) is 0 Å². The Morgan fingerprint density at radius 2 is 1.50 bits per heavy atom. The van der Waals surface area contributed by atoms with Gasteiger partial charge in [-0.25, -0.2) is 4.79 Å². The van der Waals surface area contributed by atoms with Gasteiger partial charge in [-0.3, -0.25) is 0 Å². The van der Waals surface area contributed by atoms with Gasteiger partial charge in [-0.1, -0.05) is 89.4 Å². The van der Waals surface area contributed by atoms with Gasteiger partial charge < -0.3 is 4.74 Å². The highest BCUT2D eigenvalue weighted by Crippen LogP contribution is 2.34. The summed E-state index contributed by atoms with van der Waals surface area (Å²) in [7, 11) is 0. The van der Waals surface area contributed by atoms with Crippen molar-refractivity contribution in [1.29, 1.82) is 0 Å². The second kappa shape index (κ2) is 7.68. The maximum atomic E-state index is 12.1. The van der Waals surface area contributed by atoms with Crippen molar-refractivity contribution in [2.45, 2.75) is 9.90 Å². The molecule has 0 saturated carbocycles. The van der Waals surface area contributed by atoms with Crippen molar-refractivity contribution in [2.75, 3.05) is 0 Å². The average Bonchev–Trinajstić information content (AvgIpc) is 2.52. The maximum Gasteiger partial charge on any atom is 0.338 e. The summed E-state index contributed by atoms with van der Waals surface area (Å²) in [6.45, 7) is 0. The molecule has 0 aliphatic rings. The Labute approximate surface area is 144 Å². The van der Waals surface area contributed by atoms with Gasteiger partial charge >= 0.3 is 5.97 Å². The molecule has 0 bridgehead atoms. The quantitative estimate of drug-likeness (QED) is 0.550. The lowest BCUT2D eigenvalue weighted by atomic mass is 10.2. The molecule has 1 unspecified atom stereocenters. The van der Waals surface area contributed by atoms with Crippen molar-refractivity contribution in [2.24, 2.45) is 0 Å². The third-order valence-corrected chi connectivity index (χ3v) is 3.47. The Morgan fingerprint density at radius 1 is 0.955 bits per heavy atom. The van der Waals surface area contributed by atoms with Crippen molar-refractivity contribution < 1.29 is 9.53 Å². The zero-order valence-electron chi connectivity index (χ0n) is 11.5. The molecule has 0 spiro atoms. The number of benzene rings is 2. The minimum atomic E-state index is -1.75. The van der Waals surface area contributed by atoms with Crippen molar-refractivity contribution in [3.8, 4) is 0 Å². The lowest BCUT2D eigenvalue weighted by Gasteiger charge is -2.21. The first-order valence-corrected chi connectivity index (χ1v) is 7.66. The van der Waals surface area contributed by atoms with Crippen LogP contribution in [0.25, 0.3) is 6.08 Å². The topological polar surface area (TPSA) is 26.3 Å². The first kappa shape index (κ1) is 16.9. The predicted octanol–water partition coefficient (Wildman–Crippen LogP) is 5.30. The molecule has 114 valence electrons. The normalized spacial score (nSPS) is 13.0. The maximum absolute atomic E-state index is 12.1. The fourth-order valence-corrected chi connectivity index (χ4v) is 2.09. The zero-order chi connectivity index (χ0) is 16.0. The summed E-state index contributed by atoms with van der Waals surface area (Å²) < 4.78 is 3.55. The molecular weight excluding hydrogens is 343 g/mol. The van der Waals surface area contributed by atoms with Gasteiger partial charge in [0, 0.05) is 0 Å². The van der Waals surface area contributed by atoms with Gasteiger partial charge in [0.25, 0.3) is 0 Å². The number of hydrogen-bond acceptors (Lipinski definition) is 2. The summed E-state index contributed by atoms with van der Waals surface area (Å²) in [5.74, 6) is -0.547. The van der Waals surface area contributed by atoms with Crippen molar-refractivity contribution >= 4 is 46.8 Å². The highest BCUT2D eigenvalue weighted by atomic mass is 35.6. The summed E-state index contributed by atoms with van der Waals surface area (Å²) in [6, 6.07) is 18.0. The fraction of sp³-hybridized carbons (Fsp3) is 0.118. The predicted molar refractivity (Wildman–Crippen MR) is 91.4 cm³/mol. The van der Waals surface area contributed by atoms with E-state index < -0.39 is 15.9 Å². The van der Waals surface area contributed by atoms with Crippen LogP contribution in [0.3, 0.4) is 0 Å². The number of esters is 1. The third-order valence-electron chi connectivity index (χ3n) is 2.83. The Kier molecular flexibility index (Phi) is 5.90. The number of halogens is 3. The van der Waals surface area contributed by atoms with Crippen LogP contribution in [-0.4, -0.2) is 15.9 Å². The van der Waals surface area contributed by atoms with Gasteiger partial charge in [-0.05, 0) is 23.8 Å². The summed E-state index contributed by atoms with van der Waals surface area (Å²) in [4.78, 5) is 12.1. The molecule has 2 aromatic carbocycles. The number of alkyl halides is 3. The summed E-state index contributed by atoms with van der Waals surface area (Å²) >= 11 is 17.7. The fourth-order valence-electron chi connectivity index (χ4n) is 1.74. The van der Waals surface area contributed by atoms with Gasteiger partial charge in [-0.2, -0.15) is 0 Å². The van der Waals surface area contributed by atoms with E-state index >= 15 is 0 Å². The monoisotopic (exact) mass is 354 g/mol. The van der Waals surface area contributed by atoms with Crippen LogP contribution in [-0.2, 0) is 4.74 Å². The first-order valence-electron chi connectivity index (χ1n) is 6.53. The zero-order valence-corrected chi connectivity index (χ0v) is 13.7. The molecule has 0 saturated heterocycles. The molecule has 1 atom stereocenters. The summed E-state index contributed by atoms with van der Waals surface area (Å²) in [5, 5.41) is 0. The molecule has 0 aliphatic heterocycles. The van der Waals surface area contributed by atoms with E-state index in [1.807, 2.05) is 30.3 Å². The second-order valence-electron chi connectivity index (χ2n) is 4.50. The molecule has 0 N–H and O–H groups in total. The SMILES string of the molecule is O=C(OC(/C=C/c1ccccc1)C(Cl)(Cl)Cl)c1ccccc1. The molecular formula is C17H13Cl3O2. The first-order chi connectivity index (χ1) is 10.5. The van der Waals surface area contributed by atoms with Crippen LogP contribution in [0.5, 0.6) is 0 Å². The molecule has 0 heterocycles. The van der Waals surface area contributed by atoms with Gasteiger partial charge in [-0.15, -0.1) is 0 Å². The smallest absolute Gasteiger partial charge is 0.338 e. The van der Waals surface area contributed by atoms with Crippen molar-refractivity contribution in [3.05, 3.63) is 77.9 Å². The Hall–Kier alpha value is -1.48. The highest BCUT2D eigenvalue weighted by Gasteiger charge is 2.34. The molecule has 0 amide bonds. The lowest BCUT2D eigenvalue weighted by Crippen LogP contribution is -2.29. The number of carbonyl (C=O) groups is 1. The molecule has 5 heteroatoms. The Morgan fingerprint density at radius 3 is 2.05 bits per heavy atom. The van der Waals surface area contributed by atoms with Gasteiger partial charge in [0.2, 0.25) is 3.79 Å². The highest BCUT2D eigenvalue weighted by molar-refractivity contribution is 6.68. The van der Waals surface area contributed by atoms with Crippen molar-refractivity contribution in [3.63, 3.8) is 0 Å². The number of rotatable bonds is 4. The number of carbonyl (C=O) groups excluding carboxylic acids is 1. The average molecular weight is 356 g/mol. The van der Waals surface area contributed by atoms with Crippen LogP contribution in [0.15, 0.2) is 66.7 Å². The van der Waals surface area contributed by atoms with Gasteiger partial charge in [0.1, 0.15) is 0 Å². The van der Waals surface area contributed by atoms with E-state index in [9.17, 15) is 4.79 Å². The molecule has 0 fully saturated rings. The van der Waals surface area contributed by atoms with Crippen LogP contribution >= 0.6 is 34.8 Å². The molecule has 0 aliphatic carbocycles. The molecule has 2 rings (SSSR count). The van der Waals surface area contributed by atoms with E-state index in [-0.39, 0.29) is 0 Å². The van der Waals surface area contributed by atoms with E-state index in [2.05, 4.69) is 0 Å².